The third kappa shape index (κ3) is 5.80. The van der Waals surface area contributed by atoms with Crippen molar-refractivity contribution in [1.82, 2.24) is 15.1 Å². The van der Waals surface area contributed by atoms with Crippen molar-refractivity contribution in [3.05, 3.63) is 21.9 Å². The van der Waals surface area contributed by atoms with E-state index in [4.69, 9.17) is 5.73 Å². The quantitative estimate of drug-likeness (QED) is 0.756. The molecular weight excluding hydrogens is 336 g/mol. The van der Waals surface area contributed by atoms with Crippen molar-refractivity contribution >= 4 is 23.2 Å². The van der Waals surface area contributed by atoms with Gasteiger partial charge >= 0.3 is 0 Å². The average molecular weight is 367 g/mol. The van der Waals surface area contributed by atoms with Gasteiger partial charge in [-0.2, -0.15) is 0 Å². The van der Waals surface area contributed by atoms with E-state index in [1.165, 1.54) is 9.75 Å². The molecule has 1 atom stereocenters. The van der Waals surface area contributed by atoms with Crippen molar-refractivity contribution in [2.45, 2.75) is 39.8 Å². The third-order valence-corrected chi connectivity index (χ3v) is 5.82. The molecule has 0 aliphatic carbocycles. The van der Waals surface area contributed by atoms with Crippen LogP contribution in [0.5, 0.6) is 0 Å². The predicted octanol–water partition coefficient (Wildman–Crippen LogP) is 1.05. The zero-order valence-electron chi connectivity index (χ0n) is 15.5. The molecule has 1 aliphatic rings. The van der Waals surface area contributed by atoms with Crippen LogP contribution in [0, 0.1) is 5.92 Å². The molecule has 0 unspecified atom stereocenters. The van der Waals surface area contributed by atoms with Gasteiger partial charge in [0, 0.05) is 42.5 Å². The normalized spacial score (nSPS) is 16.9. The Bertz CT molecular complexity index is 579. The van der Waals surface area contributed by atoms with Gasteiger partial charge in [0.2, 0.25) is 11.8 Å². The van der Waals surface area contributed by atoms with Crippen LogP contribution in [-0.2, 0) is 22.6 Å². The Balaban J connectivity index is 1.72. The van der Waals surface area contributed by atoms with Crippen molar-refractivity contribution in [3.63, 3.8) is 0 Å². The van der Waals surface area contributed by atoms with Gasteiger partial charge in [-0.1, -0.05) is 20.8 Å². The molecule has 3 N–H and O–H groups in total. The predicted molar refractivity (Wildman–Crippen MR) is 101 cm³/mol. The van der Waals surface area contributed by atoms with Crippen molar-refractivity contribution < 1.29 is 9.59 Å². The molecule has 1 saturated heterocycles. The molecule has 2 amide bonds. The van der Waals surface area contributed by atoms with Crippen molar-refractivity contribution in [2.75, 3.05) is 32.7 Å². The smallest absolute Gasteiger partial charge is 0.242 e. The molecule has 0 radical (unpaired) electrons. The van der Waals surface area contributed by atoms with Crippen molar-refractivity contribution in [2.24, 2.45) is 11.7 Å². The van der Waals surface area contributed by atoms with Crippen LogP contribution in [0.15, 0.2) is 12.1 Å². The maximum atomic E-state index is 12.3. The van der Waals surface area contributed by atoms with E-state index in [1.54, 1.807) is 0 Å². The van der Waals surface area contributed by atoms with Crippen LogP contribution in [0.4, 0.5) is 0 Å². The fourth-order valence-electron chi connectivity index (χ4n) is 2.77. The second-order valence-corrected chi connectivity index (χ2v) is 8.12. The number of nitrogens with one attached hydrogen (secondary N) is 1. The SMILES string of the molecule is CCc1ccc(CN2CCN(C(=O)CNC(=O)[C@@H](N)C(C)C)CC2)s1. The fraction of sp³-hybridized carbons (Fsp3) is 0.667. The highest BCUT2D eigenvalue weighted by molar-refractivity contribution is 7.11. The number of carbonyl (C=O) groups is 2. The lowest BCUT2D eigenvalue weighted by molar-refractivity contribution is -0.134. The highest BCUT2D eigenvalue weighted by atomic mass is 32.1. The summed E-state index contributed by atoms with van der Waals surface area (Å²) >= 11 is 1.87. The Kier molecular flexibility index (Phi) is 7.40. The molecule has 1 aliphatic heterocycles. The van der Waals surface area contributed by atoms with Crippen LogP contribution in [0.1, 0.15) is 30.5 Å². The first-order valence-electron chi connectivity index (χ1n) is 9.01. The second kappa shape index (κ2) is 9.31. The van der Waals surface area contributed by atoms with Crippen molar-refractivity contribution in [3.8, 4) is 0 Å². The topological polar surface area (TPSA) is 78.7 Å². The summed E-state index contributed by atoms with van der Waals surface area (Å²) in [6, 6.07) is 3.84. The van der Waals surface area contributed by atoms with E-state index in [-0.39, 0.29) is 24.3 Å². The molecule has 1 aromatic heterocycles. The first-order chi connectivity index (χ1) is 11.9. The molecule has 0 bridgehead atoms. The Labute approximate surface area is 154 Å². The van der Waals surface area contributed by atoms with Gasteiger partial charge in [0.25, 0.3) is 0 Å². The van der Waals surface area contributed by atoms with Gasteiger partial charge in [0.15, 0.2) is 0 Å². The van der Waals surface area contributed by atoms with Gasteiger partial charge < -0.3 is 16.0 Å². The summed E-state index contributed by atoms with van der Waals surface area (Å²) in [5.74, 6) is -0.233. The zero-order valence-corrected chi connectivity index (χ0v) is 16.3. The van der Waals surface area contributed by atoms with Crippen LogP contribution in [-0.4, -0.2) is 60.4 Å². The van der Waals surface area contributed by atoms with Gasteiger partial charge in [-0.05, 0) is 24.5 Å². The van der Waals surface area contributed by atoms with Crippen LogP contribution in [0.25, 0.3) is 0 Å². The van der Waals surface area contributed by atoms with Gasteiger partial charge in [-0.25, -0.2) is 0 Å². The first-order valence-corrected chi connectivity index (χ1v) is 9.83. The number of thiophene rings is 1. The number of piperazine rings is 1. The van der Waals surface area contributed by atoms with Gasteiger partial charge in [-0.15, -0.1) is 11.3 Å². The maximum Gasteiger partial charge on any atom is 0.242 e. The minimum Gasteiger partial charge on any atom is -0.346 e. The lowest BCUT2D eigenvalue weighted by atomic mass is 10.1. The van der Waals surface area contributed by atoms with E-state index < -0.39 is 6.04 Å². The Morgan fingerprint density at radius 3 is 2.40 bits per heavy atom. The molecule has 0 aromatic carbocycles. The lowest BCUT2D eigenvalue weighted by Gasteiger charge is -2.34. The van der Waals surface area contributed by atoms with E-state index in [9.17, 15) is 9.59 Å². The Morgan fingerprint density at radius 2 is 1.84 bits per heavy atom. The summed E-state index contributed by atoms with van der Waals surface area (Å²) < 4.78 is 0. The van der Waals surface area contributed by atoms with Crippen LogP contribution < -0.4 is 11.1 Å². The summed E-state index contributed by atoms with van der Waals surface area (Å²) in [4.78, 5) is 31.1. The molecule has 6 nitrogen and oxygen atoms in total. The Hall–Kier alpha value is -1.44. The van der Waals surface area contributed by atoms with E-state index in [1.807, 2.05) is 30.1 Å². The number of rotatable bonds is 7. The number of nitrogens with two attached hydrogens (primary N) is 1. The molecule has 2 rings (SSSR count). The van der Waals surface area contributed by atoms with Gasteiger partial charge in [-0.3, -0.25) is 14.5 Å². The highest BCUT2D eigenvalue weighted by Gasteiger charge is 2.23. The second-order valence-electron chi connectivity index (χ2n) is 6.87. The van der Waals surface area contributed by atoms with E-state index in [0.29, 0.717) is 13.1 Å². The summed E-state index contributed by atoms with van der Waals surface area (Å²) in [7, 11) is 0. The molecule has 0 spiro atoms. The summed E-state index contributed by atoms with van der Waals surface area (Å²) in [6.07, 6.45) is 1.08. The third-order valence-electron chi connectivity index (χ3n) is 4.61. The largest absolute Gasteiger partial charge is 0.346 e. The number of aryl methyl sites for hydroxylation is 1. The summed E-state index contributed by atoms with van der Waals surface area (Å²) in [6.45, 7) is 10.1. The fourth-order valence-corrected chi connectivity index (χ4v) is 3.77. The van der Waals surface area contributed by atoms with Crippen LogP contribution >= 0.6 is 11.3 Å². The molecule has 140 valence electrons. The number of hydrogen-bond donors (Lipinski definition) is 2. The lowest BCUT2D eigenvalue weighted by Crippen LogP contribution is -2.52. The van der Waals surface area contributed by atoms with Crippen LogP contribution in [0.2, 0.25) is 0 Å². The van der Waals surface area contributed by atoms with E-state index in [0.717, 1.165) is 26.1 Å². The van der Waals surface area contributed by atoms with Gasteiger partial charge in [0.05, 0.1) is 12.6 Å². The minimum atomic E-state index is -0.566. The molecule has 7 heteroatoms. The van der Waals surface area contributed by atoms with Gasteiger partial charge in [0.1, 0.15) is 0 Å². The molecule has 1 fully saturated rings. The number of amides is 2. The van der Waals surface area contributed by atoms with E-state index in [2.05, 4.69) is 29.3 Å². The number of carbonyl (C=O) groups excluding carboxylic acids is 2. The van der Waals surface area contributed by atoms with E-state index >= 15 is 0 Å². The maximum absolute atomic E-state index is 12.3. The molecule has 0 saturated carbocycles. The van der Waals surface area contributed by atoms with Crippen molar-refractivity contribution in [1.29, 1.82) is 0 Å². The monoisotopic (exact) mass is 366 g/mol. The molecule has 2 heterocycles. The summed E-state index contributed by atoms with van der Waals surface area (Å²) in [5.41, 5.74) is 5.79. The first kappa shape index (κ1) is 19.9. The summed E-state index contributed by atoms with van der Waals surface area (Å²) in [5, 5.41) is 2.65. The van der Waals surface area contributed by atoms with Crippen LogP contribution in [0.3, 0.4) is 0 Å². The molecule has 1 aromatic rings. The average Bonchev–Trinajstić information content (AvgIpc) is 3.06. The molecular formula is C18H30N4O2S. The Morgan fingerprint density at radius 1 is 1.20 bits per heavy atom. The standard InChI is InChI=1S/C18H30N4O2S/c1-4-14-5-6-15(25-14)12-21-7-9-22(10-8-21)16(23)11-20-18(24)17(19)13(2)3/h5-6,13,17H,4,7-12,19H2,1-3H3,(H,20,24)/t17-/m0/s1. The highest BCUT2D eigenvalue weighted by Crippen LogP contribution is 2.19. The zero-order chi connectivity index (χ0) is 18.4. The number of nitrogens with zero attached hydrogens (tertiary/aromatic N) is 2. The minimum absolute atomic E-state index is 0.0318. The molecule has 25 heavy (non-hydrogen) atoms. The number of hydrogen-bond acceptors (Lipinski definition) is 5.